The van der Waals surface area contributed by atoms with Gasteiger partial charge in [0, 0.05) is 17.8 Å². The molecule has 0 aliphatic carbocycles. The highest BCUT2D eigenvalue weighted by atomic mass is 15.1. The number of nitrogens with zero attached hydrogens (tertiary/aromatic N) is 4. The van der Waals surface area contributed by atoms with Gasteiger partial charge in [-0.05, 0) is 24.3 Å². The lowest BCUT2D eigenvalue weighted by Crippen LogP contribution is -1.90. The predicted octanol–water partition coefficient (Wildman–Crippen LogP) is 1.57. The first kappa shape index (κ1) is 7.32. The second kappa shape index (κ2) is 2.70. The van der Waals surface area contributed by atoms with Crippen molar-refractivity contribution in [2.75, 3.05) is 0 Å². The zero-order valence-corrected chi connectivity index (χ0v) is 7.25. The highest BCUT2D eigenvalue weighted by Gasteiger charge is 2.02. The molecule has 0 N–H and O–H groups in total. The van der Waals surface area contributed by atoms with Crippen molar-refractivity contribution in [3.63, 3.8) is 0 Å². The third-order valence-electron chi connectivity index (χ3n) is 2.08. The van der Waals surface area contributed by atoms with Crippen LogP contribution in [0.3, 0.4) is 0 Å². The van der Waals surface area contributed by atoms with E-state index in [4.69, 9.17) is 0 Å². The molecular weight excluding hydrogens is 176 g/mol. The van der Waals surface area contributed by atoms with Crippen molar-refractivity contribution in [2.24, 2.45) is 0 Å². The van der Waals surface area contributed by atoms with Crippen molar-refractivity contribution in [3.8, 4) is 0 Å². The van der Waals surface area contributed by atoms with E-state index in [2.05, 4.69) is 20.2 Å². The Morgan fingerprint density at radius 1 is 0.857 bits per heavy atom. The summed E-state index contributed by atoms with van der Waals surface area (Å²) in [6, 6.07) is 7.56. The molecule has 4 nitrogen and oxygen atoms in total. The maximum atomic E-state index is 4.27. The standard InChI is InChI=1S/C10H6N4/c1-3-7-9-8(4-2-5-11-9)13-14-10(7)12-6-1/h1-6H. The van der Waals surface area contributed by atoms with E-state index in [1.807, 2.05) is 24.3 Å². The Morgan fingerprint density at radius 3 is 2.71 bits per heavy atom. The Labute approximate surface area is 79.6 Å². The molecule has 66 valence electrons. The molecule has 3 heterocycles. The smallest absolute Gasteiger partial charge is 0.183 e. The second-order valence-electron chi connectivity index (χ2n) is 2.95. The van der Waals surface area contributed by atoms with E-state index in [1.165, 1.54) is 0 Å². The number of fused-ring (bicyclic) bond motifs is 3. The Bertz CT molecular complexity index is 551. The Balaban J connectivity index is 2.61. The molecule has 3 aromatic rings. The van der Waals surface area contributed by atoms with Crippen LogP contribution in [0.1, 0.15) is 0 Å². The summed E-state index contributed by atoms with van der Waals surface area (Å²) < 4.78 is 0. The average molecular weight is 182 g/mol. The van der Waals surface area contributed by atoms with Gasteiger partial charge in [-0.2, -0.15) is 0 Å². The fourth-order valence-corrected chi connectivity index (χ4v) is 1.45. The van der Waals surface area contributed by atoms with E-state index in [0.717, 1.165) is 16.4 Å². The largest absolute Gasteiger partial charge is 0.254 e. The van der Waals surface area contributed by atoms with Crippen molar-refractivity contribution in [3.05, 3.63) is 36.7 Å². The average Bonchev–Trinajstić information content (AvgIpc) is 2.29. The van der Waals surface area contributed by atoms with E-state index in [0.29, 0.717) is 5.65 Å². The van der Waals surface area contributed by atoms with E-state index in [-0.39, 0.29) is 0 Å². The molecule has 0 aliphatic rings. The molecule has 0 bridgehead atoms. The fourth-order valence-electron chi connectivity index (χ4n) is 1.45. The molecule has 4 heteroatoms. The molecule has 3 rings (SSSR count). The number of pyridine rings is 2. The molecule has 0 radical (unpaired) electrons. The Hall–Kier alpha value is -2.10. The van der Waals surface area contributed by atoms with Gasteiger partial charge in [-0.15, -0.1) is 10.2 Å². The highest BCUT2D eigenvalue weighted by Crippen LogP contribution is 2.16. The van der Waals surface area contributed by atoms with Crippen molar-refractivity contribution in [1.29, 1.82) is 0 Å². The molecule has 0 aliphatic heterocycles. The van der Waals surface area contributed by atoms with Gasteiger partial charge in [-0.25, -0.2) is 4.98 Å². The van der Waals surface area contributed by atoms with E-state index in [1.54, 1.807) is 12.4 Å². The maximum absolute atomic E-state index is 4.27. The van der Waals surface area contributed by atoms with Gasteiger partial charge in [0.05, 0.1) is 0 Å². The van der Waals surface area contributed by atoms with Gasteiger partial charge in [0.2, 0.25) is 0 Å². The van der Waals surface area contributed by atoms with Crippen molar-refractivity contribution in [1.82, 2.24) is 20.2 Å². The van der Waals surface area contributed by atoms with Crippen molar-refractivity contribution < 1.29 is 0 Å². The van der Waals surface area contributed by atoms with E-state index >= 15 is 0 Å². The van der Waals surface area contributed by atoms with Crippen LogP contribution >= 0.6 is 0 Å². The summed E-state index contributed by atoms with van der Waals surface area (Å²) in [4.78, 5) is 8.38. The van der Waals surface area contributed by atoms with Gasteiger partial charge in [0.1, 0.15) is 11.0 Å². The molecule has 0 saturated carbocycles. The summed E-state index contributed by atoms with van der Waals surface area (Å²) in [5.74, 6) is 0. The zero-order valence-electron chi connectivity index (χ0n) is 7.25. The summed E-state index contributed by atoms with van der Waals surface area (Å²) >= 11 is 0. The van der Waals surface area contributed by atoms with Crippen LogP contribution in [0.4, 0.5) is 0 Å². The van der Waals surface area contributed by atoms with E-state index < -0.39 is 0 Å². The minimum absolute atomic E-state index is 0.638. The molecule has 0 unspecified atom stereocenters. The minimum atomic E-state index is 0.638. The molecule has 0 saturated heterocycles. The fraction of sp³-hybridized carbons (Fsp3) is 0. The quantitative estimate of drug-likeness (QED) is 0.495. The van der Waals surface area contributed by atoms with Gasteiger partial charge in [0.15, 0.2) is 5.65 Å². The normalized spacial score (nSPS) is 10.9. The minimum Gasteiger partial charge on any atom is -0.254 e. The first-order valence-corrected chi connectivity index (χ1v) is 4.27. The molecule has 14 heavy (non-hydrogen) atoms. The molecule has 0 spiro atoms. The molecule has 0 amide bonds. The summed E-state index contributed by atoms with van der Waals surface area (Å²) in [7, 11) is 0. The summed E-state index contributed by atoms with van der Waals surface area (Å²) in [6.07, 6.45) is 3.45. The topological polar surface area (TPSA) is 51.6 Å². The van der Waals surface area contributed by atoms with E-state index in [9.17, 15) is 0 Å². The number of aromatic nitrogens is 4. The Kier molecular flexibility index (Phi) is 1.41. The predicted molar refractivity (Wildman–Crippen MR) is 52.6 cm³/mol. The maximum Gasteiger partial charge on any atom is 0.183 e. The van der Waals surface area contributed by atoms with Crippen LogP contribution < -0.4 is 0 Å². The third-order valence-corrected chi connectivity index (χ3v) is 2.08. The highest BCUT2D eigenvalue weighted by molar-refractivity contribution is 5.99. The molecule has 0 atom stereocenters. The summed E-state index contributed by atoms with van der Waals surface area (Å²) in [5, 5.41) is 8.99. The van der Waals surface area contributed by atoms with Gasteiger partial charge in [-0.3, -0.25) is 4.98 Å². The van der Waals surface area contributed by atoms with Crippen LogP contribution in [-0.2, 0) is 0 Å². The molecule has 0 aromatic carbocycles. The lowest BCUT2D eigenvalue weighted by Gasteiger charge is -1.98. The molecule has 0 fully saturated rings. The first-order valence-electron chi connectivity index (χ1n) is 4.27. The van der Waals surface area contributed by atoms with Crippen LogP contribution in [0.25, 0.3) is 22.1 Å². The molecule has 3 aromatic heterocycles. The second-order valence-corrected chi connectivity index (χ2v) is 2.95. The van der Waals surface area contributed by atoms with Crippen LogP contribution in [0.5, 0.6) is 0 Å². The van der Waals surface area contributed by atoms with Gasteiger partial charge in [-0.1, -0.05) is 0 Å². The van der Waals surface area contributed by atoms with Gasteiger partial charge in [0.25, 0.3) is 0 Å². The first-order chi connectivity index (χ1) is 6.95. The SMILES string of the molecule is c1cnc2c(c1)nnc1ncccc12. The third kappa shape index (κ3) is 0.939. The number of rotatable bonds is 0. The van der Waals surface area contributed by atoms with Crippen LogP contribution in [0, 0.1) is 0 Å². The van der Waals surface area contributed by atoms with Crippen LogP contribution in [-0.4, -0.2) is 20.2 Å². The van der Waals surface area contributed by atoms with Crippen LogP contribution in [0.2, 0.25) is 0 Å². The monoisotopic (exact) mass is 182 g/mol. The number of hydrogen-bond acceptors (Lipinski definition) is 4. The van der Waals surface area contributed by atoms with Crippen molar-refractivity contribution >= 4 is 22.1 Å². The number of hydrogen-bond donors (Lipinski definition) is 0. The Morgan fingerprint density at radius 2 is 1.71 bits per heavy atom. The molecular formula is C10H6N4. The zero-order chi connectivity index (χ0) is 9.38. The van der Waals surface area contributed by atoms with Gasteiger partial charge >= 0.3 is 0 Å². The summed E-state index contributed by atoms with van der Waals surface area (Å²) in [5.41, 5.74) is 2.29. The van der Waals surface area contributed by atoms with Crippen LogP contribution in [0.15, 0.2) is 36.7 Å². The lowest BCUT2D eigenvalue weighted by atomic mass is 10.2. The summed E-state index contributed by atoms with van der Waals surface area (Å²) in [6.45, 7) is 0. The lowest BCUT2D eigenvalue weighted by molar-refractivity contribution is 1.09. The van der Waals surface area contributed by atoms with Crippen molar-refractivity contribution in [2.45, 2.75) is 0 Å². The van der Waals surface area contributed by atoms with Gasteiger partial charge < -0.3 is 0 Å².